The second-order valence-corrected chi connectivity index (χ2v) is 5.08. The molecule has 0 fully saturated rings. The molecular formula is C14H19FNO+. The number of rotatable bonds is 2. The van der Waals surface area contributed by atoms with Gasteiger partial charge >= 0.3 is 5.90 Å². The summed E-state index contributed by atoms with van der Waals surface area (Å²) < 4.78 is 21.8. The summed E-state index contributed by atoms with van der Waals surface area (Å²) in [6, 6.07) is 5.12. The van der Waals surface area contributed by atoms with Crippen LogP contribution in [0.5, 0.6) is 0 Å². The molecule has 0 aromatic heterocycles. The number of ether oxygens (including phenoxy) is 1. The van der Waals surface area contributed by atoms with E-state index in [4.69, 9.17) is 4.74 Å². The average molecular weight is 236 g/mol. The normalized spacial score (nSPS) is 18.4. The number of benzene rings is 1. The number of likely N-dealkylation sites (N-methyl/N-ethyl adjacent to an activating group) is 1. The van der Waals surface area contributed by atoms with E-state index in [9.17, 15) is 4.39 Å². The Kier molecular flexibility index (Phi) is 2.94. The Balaban J connectivity index is 2.61. The molecule has 2 rings (SSSR count). The lowest BCUT2D eigenvalue weighted by Gasteiger charge is -2.12. The van der Waals surface area contributed by atoms with Gasteiger partial charge in [0.1, 0.15) is 17.9 Å². The van der Waals surface area contributed by atoms with Gasteiger partial charge in [0.15, 0.2) is 12.1 Å². The zero-order valence-corrected chi connectivity index (χ0v) is 10.9. The van der Waals surface area contributed by atoms with Crippen molar-refractivity contribution in [3.8, 4) is 0 Å². The van der Waals surface area contributed by atoms with Gasteiger partial charge in [0.25, 0.3) is 0 Å². The molecule has 0 aliphatic carbocycles. The van der Waals surface area contributed by atoms with Crippen LogP contribution in [0.25, 0.3) is 0 Å². The zero-order valence-electron chi connectivity index (χ0n) is 10.9. The molecule has 17 heavy (non-hydrogen) atoms. The van der Waals surface area contributed by atoms with Crippen molar-refractivity contribution in [1.29, 1.82) is 0 Å². The van der Waals surface area contributed by atoms with Crippen LogP contribution in [0.15, 0.2) is 18.2 Å². The van der Waals surface area contributed by atoms with Crippen molar-refractivity contribution in [3.05, 3.63) is 35.1 Å². The van der Waals surface area contributed by atoms with Crippen LogP contribution in [0.3, 0.4) is 0 Å². The number of hydrogen-bond acceptors (Lipinski definition) is 1. The van der Waals surface area contributed by atoms with Crippen LogP contribution in [0.1, 0.15) is 31.9 Å². The van der Waals surface area contributed by atoms with E-state index >= 15 is 0 Å². The topological polar surface area (TPSA) is 12.2 Å². The van der Waals surface area contributed by atoms with E-state index in [0.717, 1.165) is 12.1 Å². The maximum absolute atomic E-state index is 13.9. The molecule has 1 aliphatic rings. The molecule has 0 N–H and O–H groups in total. The minimum absolute atomic E-state index is 0.0706. The molecule has 0 saturated carbocycles. The SMILES string of the molecule is CC[N+]1=C(c2c(C)cccc2F)OCC1(C)C. The van der Waals surface area contributed by atoms with Crippen molar-refractivity contribution in [2.75, 3.05) is 13.2 Å². The molecule has 1 aromatic rings. The summed E-state index contributed by atoms with van der Waals surface area (Å²) in [5.74, 6) is 0.462. The molecule has 0 atom stereocenters. The number of nitrogens with zero attached hydrogens (tertiary/aromatic N) is 1. The Hall–Kier alpha value is -1.38. The highest BCUT2D eigenvalue weighted by Gasteiger charge is 2.43. The fraction of sp³-hybridized carbons (Fsp3) is 0.500. The first-order valence-corrected chi connectivity index (χ1v) is 6.00. The number of aryl methyl sites for hydroxylation is 1. The summed E-state index contributed by atoms with van der Waals surface area (Å²) in [6.07, 6.45) is 0. The lowest BCUT2D eigenvalue weighted by atomic mass is 10.1. The summed E-state index contributed by atoms with van der Waals surface area (Å²) in [4.78, 5) is 0. The van der Waals surface area contributed by atoms with Crippen molar-refractivity contribution in [2.24, 2.45) is 0 Å². The Morgan fingerprint density at radius 3 is 2.71 bits per heavy atom. The molecule has 1 heterocycles. The number of halogens is 1. The quantitative estimate of drug-likeness (QED) is 0.719. The Morgan fingerprint density at radius 2 is 2.12 bits per heavy atom. The molecular weight excluding hydrogens is 217 g/mol. The molecule has 1 aromatic carbocycles. The Morgan fingerprint density at radius 1 is 1.41 bits per heavy atom. The monoisotopic (exact) mass is 236 g/mol. The zero-order chi connectivity index (χ0) is 12.6. The van der Waals surface area contributed by atoms with Crippen LogP contribution in [0.2, 0.25) is 0 Å². The lowest BCUT2D eigenvalue weighted by molar-refractivity contribution is -0.586. The standard InChI is InChI=1S/C14H19FNO/c1-5-16-13(17-9-14(16,3)4)12-10(2)7-6-8-11(12)15/h6-8H,5,9H2,1-4H3/q+1. The second-order valence-electron chi connectivity index (χ2n) is 5.08. The molecule has 0 bridgehead atoms. The Bertz CT molecular complexity index is 457. The largest absolute Gasteiger partial charge is 0.437 e. The van der Waals surface area contributed by atoms with Crippen molar-refractivity contribution >= 4 is 5.90 Å². The van der Waals surface area contributed by atoms with Gasteiger partial charge in [0, 0.05) is 13.8 Å². The Labute approximate surface area is 102 Å². The first-order chi connectivity index (χ1) is 7.97. The average Bonchev–Trinajstić information content (AvgIpc) is 2.53. The molecule has 0 unspecified atom stereocenters. The smallest absolute Gasteiger partial charge is 0.373 e. The highest BCUT2D eigenvalue weighted by molar-refractivity contribution is 5.92. The minimum atomic E-state index is -0.212. The summed E-state index contributed by atoms with van der Waals surface area (Å²) in [6.45, 7) is 9.61. The highest BCUT2D eigenvalue weighted by atomic mass is 19.1. The van der Waals surface area contributed by atoms with Crippen LogP contribution in [-0.4, -0.2) is 29.2 Å². The van der Waals surface area contributed by atoms with E-state index < -0.39 is 0 Å². The maximum atomic E-state index is 13.9. The predicted molar refractivity (Wildman–Crippen MR) is 66.1 cm³/mol. The minimum Gasteiger partial charge on any atom is -0.437 e. The van der Waals surface area contributed by atoms with Crippen molar-refractivity contribution in [2.45, 2.75) is 33.2 Å². The molecule has 0 saturated heterocycles. The fourth-order valence-electron chi connectivity index (χ4n) is 2.36. The molecule has 2 nitrogen and oxygen atoms in total. The molecule has 1 aliphatic heterocycles. The van der Waals surface area contributed by atoms with Gasteiger partial charge in [-0.2, -0.15) is 4.58 Å². The van der Waals surface area contributed by atoms with Gasteiger partial charge in [0.05, 0.1) is 0 Å². The molecule has 0 amide bonds. The van der Waals surface area contributed by atoms with Gasteiger partial charge in [-0.15, -0.1) is 0 Å². The van der Waals surface area contributed by atoms with E-state index in [1.807, 2.05) is 13.0 Å². The molecule has 3 heteroatoms. The maximum Gasteiger partial charge on any atom is 0.373 e. The first-order valence-electron chi connectivity index (χ1n) is 6.00. The predicted octanol–water partition coefficient (Wildman–Crippen LogP) is 2.72. The summed E-state index contributed by atoms with van der Waals surface area (Å²) in [7, 11) is 0. The van der Waals surface area contributed by atoms with E-state index in [0.29, 0.717) is 18.1 Å². The van der Waals surface area contributed by atoms with Gasteiger partial charge in [-0.05, 0) is 25.5 Å². The third kappa shape index (κ3) is 1.94. The van der Waals surface area contributed by atoms with Crippen molar-refractivity contribution in [3.63, 3.8) is 0 Å². The second kappa shape index (κ2) is 4.13. The first kappa shape index (κ1) is 12.1. The summed E-state index contributed by atoms with van der Waals surface area (Å²) in [5, 5.41) is 0. The van der Waals surface area contributed by atoms with Crippen molar-refractivity contribution < 1.29 is 13.7 Å². The van der Waals surface area contributed by atoms with E-state index in [1.54, 1.807) is 6.07 Å². The van der Waals surface area contributed by atoms with Gasteiger partial charge in [-0.1, -0.05) is 12.1 Å². The van der Waals surface area contributed by atoms with Crippen LogP contribution >= 0.6 is 0 Å². The lowest BCUT2D eigenvalue weighted by Crippen LogP contribution is -2.36. The molecule has 92 valence electrons. The summed E-state index contributed by atoms with van der Waals surface area (Å²) in [5.41, 5.74) is 1.44. The third-order valence-corrected chi connectivity index (χ3v) is 3.29. The van der Waals surface area contributed by atoms with Gasteiger partial charge in [0.2, 0.25) is 0 Å². The van der Waals surface area contributed by atoms with E-state index in [1.165, 1.54) is 6.07 Å². The summed E-state index contributed by atoms with van der Waals surface area (Å²) >= 11 is 0. The van der Waals surface area contributed by atoms with Gasteiger partial charge in [-0.3, -0.25) is 0 Å². The van der Waals surface area contributed by atoms with Gasteiger partial charge in [-0.25, -0.2) is 4.39 Å². The third-order valence-electron chi connectivity index (χ3n) is 3.29. The van der Waals surface area contributed by atoms with Crippen LogP contribution in [-0.2, 0) is 4.74 Å². The van der Waals surface area contributed by atoms with Gasteiger partial charge < -0.3 is 4.74 Å². The van der Waals surface area contributed by atoms with Crippen molar-refractivity contribution in [1.82, 2.24) is 0 Å². The van der Waals surface area contributed by atoms with Crippen LogP contribution in [0.4, 0.5) is 4.39 Å². The molecule has 0 spiro atoms. The van der Waals surface area contributed by atoms with Crippen LogP contribution in [0, 0.1) is 12.7 Å². The fourth-order valence-corrected chi connectivity index (χ4v) is 2.36. The van der Waals surface area contributed by atoms with E-state index in [2.05, 4.69) is 25.3 Å². The highest BCUT2D eigenvalue weighted by Crippen LogP contribution is 2.23. The molecule has 0 radical (unpaired) electrons. The van der Waals surface area contributed by atoms with Crippen LogP contribution < -0.4 is 0 Å². The van der Waals surface area contributed by atoms with E-state index in [-0.39, 0.29) is 11.4 Å². The number of hydrogen-bond donors (Lipinski definition) is 0.